The molecule has 0 fully saturated rings. The fraction of sp³-hybridized carbons (Fsp3) is 0.455. The van der Waals surface area contributed by atoms with Gasteiger partial charge in [0.25, 0.3) is 5.22 Å². The van der Waals surface area contributed by atoms with Crippen LogP contribution < -0.4 is 11.3 Å². The van der Waals surface area contributed by atoms with Crippen LogP contribution in [0.1, 0.15) is 30.6 Å². The lowest BCUT2D eigenvalue weighted by Gasteiger charge is -2.09. The first-order valence-corrected chi connectivity index (χ1v) is 6.77. The highest BCUT2D eigenvalue weighted by molar-refractivity contribution is 7.99. The Morgan fingerprint density at radius 1 is 1.26 bits per heavy atom. The number of hydrogen-bond donors (Lipinski definition) is 2. The Balaban J connectivity index is 2.34. The van der Waals surface area contributed by atoms with E-state index in [1.54, 1.807) is 6.92 Å². The second-order valence-electron chi connectivity index (χ2n) is 4.00. The van der Waals surface area contributed by atoms with Crippen LogP contribution in [-0.4, -0.2) is 20.2 Å². The van der Waals surface area contributed by atoms with Crippen molar-refractivity contribution in [3.63, 3.8) is 0 Å². The molecule has 0 aliphatic rings. The number of aromatic nitrogens is 4. The van der Waals surface area contributed by atoms with Crippen LogP contribution in [0.3, 0.4) is 0 Å². The van der Waals surface area contributed by atoms with E-state index in [1.807, 2.05) is 6.92 Å². The molecule has 7 nitrogen and oxygen atoms in total. The maximum atomic E-state index is 5.48. The molecule has 102 valence electrons. The van der Waals surface area contributed by atoms with E-state index in [2.05, 4.69) is 32.5 Å². The maximum Gasteiger partial charge on any atom is 0.282 e. The third-order valence-electron chi connectivity index (χ3n) is 2.45. The van der Waals surface area contributed by atoms with Gasteiger partial charge in [-0.1, -0.05) is 6.92 Å². The van der Waals surface area contributed by atoms with Gasteiger partial charge in [0.1, 0.15) is 16.7 Å². The summed E-state index contributed by atoms with van der Waals surface area (Å²) in [6.45, 7) is 5.72. The number of nitrogen functional groups attached to an aromatic ring is 1. The fourth-order valence-corrected chi connectivity index (χ4v) is 2.33. The van der Waals surface area contributed by atoms with E-state index < -0.39 is 0 Å². The number of hydrogen-bond acceptors (Lipinski definition) is 8. The van der Waals surface area contributed by atoms with Crippen molar-refractivity contribution in [3.05, 3.63) is 17.3 Å². The number of aryl methyl sites for hydroxylation is 2. The van der Waals surface area contributed by atoms with Gasteiger partial charge in [-0.05, 0) is 25.1 Å². The van der Waals surface area contributed by atoms with Crippen LogP contribution >= 0.6 is 11.8 Å². The quantitative estimate of drug-likeness (QED) is 0.486. The lowest BCUT2D eigenvalue weighted by atomic mass is 10.3. The Kier molecular flexibility index (Phi) is 4.33. The second-order valence-corrected chi connectivity index (χ2v) is 4.94. The summed E-state index contributed by atoms with van der Waals surface area (Å²) in [4.78, 5) is 8.86. The van der Waals surface area contributed by atoms with Crippen LogP contribution in [-0.2, 0) is 6.42 Å². The Morgan fingerprint density at radius 3 is 2.63 bits per heavy atom. The Hall–Kier alpha value is -1.67. The van der Waals surface area contributed by atoms with Gasteiger partial charge in [0.2, 0.25) is 5.89 Å². The van der Waals surface area contributed by atoms with Crippen molar-refractivity contribution in [1.29, 1.82) is 0 Å². The molecule has 3 N–H and O–H groups in total. The lowest BCUT2D eigenvalue weighted by molar-refractivity contribution is 0.429. The summed E-state index contributed by atoms with van der Waals surface area (Å²) >= 11 is 1.32. The summed E-state index contributed by atoms with van der Waals surface area (Å²) in [5.74, 6) is 7.38. The lowest BCUT2D eigenvalue weighted by Crippen LogP contribution is -2.13. The van der Waals surface area contributed by atoms with E-state index in [1.165, 1.54) is 11.8 Å². The zero-order valence-electron chi connectivity index (χ0n) is 11.1. The standard InChI is InChI=1S/C11H16N6OS/c1-4-5-8-13-9(15-12)6(2)10(14-8)19-11-17-16-7(3)18-11/h4-5,12H2,1-3H3,(H,13,14,15). The van der Waals surface area contributed by atoms with Gasteiger partial charge in [-0.25, -0.2) is 15.8 Å². The van der Waals surface area contributed by atoms with Crippen LogP contribution in [0.15, 0.2) is 14.7 Å². The minimum absolute atomic E-state index is 0.463. The highest BCUT2D eigenvalue weighted by Gasteiger charge is 2.14. The van der Waals surface area contributed by atoms with Gasteiger partial charge in [0.05, 0.1) is 0 Å². The van der Waals surface area contributed by atoms with Crippen molar-refractivity contribution in [2.75, 3.05) is 5.43 Å². The van der Waals surface area contributed by atoms with E-state index in [-0.39, 0.29) is 0 Å². The van der Waals surface area contributed by atoms with Gasteiger partial charge < -0.3 is 9.84 Å². The van der Waals surface area contributed by atoms with Crippen molar-refractivity contribution in [2.24, 2.45) is 5.84 Å². The molecule has 0 amide bonds. The van der Waals surface area contributed by atoms with E-state index in [9.17, 15) is 0 Å². The summed E-state index contributed by atoms with van der Waals surface area (Å²) in [5.41, 5.74) is 3.46. The third kappa shape index (κ3) is 3.21. The highest BCUT2D eigenvalue weighted by atomic mass is 32.2. The number of nitrogens with two attached hydrogens (primary N) is 1. The average molecular weight is 280 g/mol. The van der Waals surface area contributed by atoms with Gasteiger partial charge >= 0.3 is 0 Å². The zero-order chi connectivity index (χ0) is 13.8. The molecule has 2 aromatic rings. The summed E-state index contributed by atoms with van der Waals surface area (Å²) in [6.07, 6.45) is 1.77. The molecule has 0 bridgehead atoms. The predicted molar refractivity (Wildman–Crippen MR) is 71.7 cm³/mol. The van der Waals surface area contributed by atoms with E-state index in [0.717, 1.165) is 29.3 Å². The smallest absolute Gasteiger partial charge is 0.282 e. The number of anilines is 1. The van der Waals surface area contributed by atoms with Gasteiger partial charge in [-0.2, -0.15) is 0 Å². The number of hydrazine groups is 1. The van der Waals surface area contributed by atoms with Gasteiger partial charge in [0.15, 0.2) is 0 Å². The van der Waals surface area contributed by atoms with Crippen molar-refractivity contribution < 1.29 is 4.42 Å². The van der Waals surface area contributed by atoms with E-state index >= 15 is 0 Å². The largest absolute Gasteiger partial charge is 0.416 e. The van der Waals surface area contributed by atoms with Crippen LogP contribution in [0.2, 0.25) is 0 Å². The van der Waals surface area contributed by atoms with Crippen molar-refractivity contribution in [3.8, 4) is 0 Å². The molecule has 8 heteroatoms. The van der Waals surface area contributed by atoms with E-state index in [0.29, 0.717) is 16.9 Å². The van der Waals surface area contributed by atoms with Crippen LogP contribution in [0.4, 0.5) is 5.82 Å². The van der Waals surface area contributed by atoms with Crippen LogP contribution in [0.5, 0.6) is 0 Å². The van der Waals surface area contributed by atoms with E-state index in [4.69, 9.17) is 10.3 Å². The molecule has 0 saturated heterocycles. The molecular formula is C11H16N6OS. The molecule has 0 saturated carbocycles. The number of rotatable bonds is 5. The molecule has 2 heterocycles. The van der Waals surface area contributed by atoms with Crippen LogP contribution in [0, 0.1) is 13.8 Å². The number of nitrogens with zero attached hydrogens (tertiary/aromatic N) is 4. The van der Waals surface area contributed by atoms with Gasteiger partial charge in [-0.15, -0.1) is 10.2 Å². The third-order valence-corrected chi connectivity index (χ3v) is 3.38. The zero-order valence-corrected chi connectivity index (χ0v) is 11.9. The Bertz CT molecular complexity index is 570. The minimum atomic E-state index is 0.463. The second kappa shape index (κ2) is 5.98. The topological polar surface area (TPSA) is 103 Å². The summed E-state index contributed by atoms with van der Waals surface area (Å²) < 4.78 is 5.34. The van der Waals surface area contributed by atoms with Crippen molar-refractivity contribution in [2.45, 2.75) is 43.9 Å². The van der Waals surface area contributed by atoms with Crippen molar-refractivity contribution >= 4 is 17.6 Å². The monoisotopic (exact) mass is 280 g/mol. The Labute approximate surface area is 115 Å². The molecule has 2 rings (SSSR count). The molecule has 0 aromatic carbocycles. The summed E-state index contributed by atoms with van der Waals surface area (Å²) in [6, 6.07) is 0. The van der Waals surface area contributed by atoms with Crippen molar-refractivity contribution in [1.82, 2.24) is 20.2 Å². The normalized spacial score (nSPS) is 10.7. The highest BCUT2D eigenvalue weighted by Crippen LogP contribution is 2.30. The molecular weight excluding hydrogens is 264 g/mol. The molecule has 0 aliphatic carbocycles. The predicted octanol–water partition coefficient (Wildman–Crippen LogP) is 1.87. The minimum Gasteiger partial charge on any atom is -0.416 e. The number of nitrogens with one attached hydrogen (secondary N) is 1. The molecule has 19 heavy (non-hydrogen) atoms. The molecule has 0 unspecified atom stereocenters. The average Bonchev–Trinajstić information content (AvgIpc) is 2.79. The first-order valence-electron chi connectivity index (χ1n) is 5.96. The SMILES string of the molecule is CCCc1nc(NN)c(C)c(Sc2nnc(C)o2)n1. The maximum absolute atomic E-state index is 5.48. The summed E-state index contributed by atoms with van der Waals surface area (Å²) in [7, 11) is 0. The first kappa shape index (κ1) is 13.8. The van der Waals surface area contributed by atoms with Gasteiger partial charge in [-0.3, -0.25) is 0 Å². The fourth-order valence-electron chi connectivity index (χ4n) is 1.52. The molecule has 0 radical (unpaired) electrons. The van der Waals surface area contributed by atoms with Gasteiger partial charge in [0, 0.05) is 18.9 Å². The first-order chi connectivity index (χ1) is 9.13. The molecule has 0 spiro atoms. The summed E-state index contributed by atoms with van der Waals surface area (Å²) in [5, 5.41) is 8.98. The Morgan fingerprint density at radius 2 is 2.05 bits per heavy atom. The molecule has 0 aliphatic heterocycles. The molecule has 0 atom stereocenters. The molecule has 2 aromatic heterocycles. The van der Waals surface area contributed by atoms with Crippen LogP contribution in [0.25, 0.3) is 0 Å².